The van der Waals surface area contributed by atoms with Crippen molar-refractivity contribution in [1.82, 2.24) is 20.0 Å². The first-order chi connectivity index (χ1) is 13.2. The summed E-state index contributed by atoms with van der Waals surface area (Å²) in [4.78, 5) is 30.9. The highest BCUT2D eigenvalue weighted by molar-refractivity contribution is 5.94. The summed E-state index contributed by atoms with van der Waals surface area (Å²) in [5.74, 6) is 0.546. The minimum atomic E-state index is -0.0165. The standard InChI is InChI=1S/C20H30N4O3/c1-27-14-13-22-8-7-17(16-22)15-21-20(26)24-11-9-23(10-12-24)19(25)18-5-3-2-4-6-18/h2-6,17H,7-16H2,1H3,(H,21,26). The lowest BCUT2D eigenvalue weighted by molar-refractivity contribution is 0.0664. The first-order valence-electron chi connectivity index (χ1n) is 9.75. The highest BCUT2D eigenvalue weighted by Gasteiger charge is 2.26. The molecule has 0 saturated carbocycles. The van der Waals surface area contributed by atoms with E-state index in [0.29, 0.717) is 44.2 Å². The van der Waals surface area contributed by atoms with Gasteiger partial charge in [-0.05, 0) is 31.0 Å². The van der Waals surface area contributed by atoms with Crippen molar-refractivity contribution in [3.05, 3.63) is 35.9 Å². The Balaban J connectivity index is 1.37. The lowest BCUT2D eigenvalue weighted by atomic mass is 10.1. The minimum absolute atomic E-state index is 0.0165. The first-order valence-corrected chi connectivity index (χ1v) is 9.75. The molecule has 148 valence electrons. The molecule has 0 aromatic heterocycles. The topological polar surface area (TPSA) is 65.1 Å². The van der Waals surface area contributed by atoms with Crippen LogP contribution in [0.15, 0.2) is 30.3 Å². The number of urea groups is 1. The predicted octanol–water partition coefficient (Wildman–Crippen LogP) is 1.12. The summed E-state index contributed by atoms with van der Waals surface area (Å²) in [6.07, 6.45) is 1.11. The molecule has 0 spiro atoms. The van der Waals surface area contributed by atoms with Crippen molar-refractivity contribution in [2.24, 2.45) is 5.92 Å². The highest BCUT2D eigenvalue weighted by Crippen LogP contribution is 2.15. The van der Waals surface area contributed by atoms with Gasteiger partial charge < -0.3 is 24.8 Å². The summed E-state index contributed by atoms with van der Waals surface area (Å²) in [5.41, 5.74) is 0.703. The third kappa shape index (κ3) is 5.43. The van der Waals surface area contributed by atoms with Gasteiger partial charge in [0.2, 0.25) is 0 Å². The molecule has 1 N–H and O–H groups in total. The zero-order valence-corrected chi connectivity index (χ0v) is 16.1. The van der Waals surface area contributed by atoms with Crippen LogP contribution < -0.4 is 5.32 Å². The molecule has 1 unspecified atom stereocenters. The predicted molar refractivity (Wildman–Crippen MR) is 104 cm³/mol. The fourth-order valence-electron chi connectivity index (χ4n) is 3.72. The van der Waals surface area contributed by atoms with Gasteiger partial charge in [0.15, 0.2) is 0 Å². The second-order valence-electron chi connectivity index (χ2n) is 7.28. The molecule has 27 heavy (non-hydrogen) atoms. The monoisotopic (exact) mass is 374 g/mol. The lowest BCUT2D eigenvalue weighted by Gasteiger charge is -2.35. The number of benzene rings is 1. The van der Waals surface area contributed by atoms with Gasteiger partial charge >= 0.3 is 6.03 Å². The molecule has 2 aliphatic heterocycles. The van der Waals surface area contributed by atoms with E-state index in [-0.39, 0.29) is 11.9 Å². The van der Waals surface area contributed by atoms with Crippen LogP contribution in [-0.2, 0) is 4.74 Å². The van der Waals surface area contributed by atoms with Crippen molar-refractivity contribution in [2.75, 3.05) is 66.1 Å². The van der Waals surface area contributed by atoms with Gasteiger partial charge in [0.25, 0.3) is 5.91 Å². The summed E-state index contributed by atoms with van der Waals surface area (Å²) in [6.45, 7) is 6.83. The summed E-state index contributed by atoms with van der Waals surface area (Å²) >= 11 is 0. The maximum atomic E-state index is 12.5. The second kappa shape index (κ2) is 9.71. The van der Waals surface area contributed by atoms with E-state index in [1.807, 2.05) is 40.1 Å². The van der Waals surface area contributed by atoms with Gasteiger partial charge in [0.05, 0.1) is 6.61 Å². The van der Waals surface area contributed by atoms with Gasteiger partial charge in [-0.3, -0.25) is 4.79 Å². The van der Waals surface area contributed by atoms with Gasteiger partial charge in [-0.1, -0.05) is 18.2 Å². The molecular formula is C20H30N4O3. The molecule has 2 fully saturated rings. The quantitative estimate of drug-likeness (QED) is 0.811. The Kier molecular flexibility index (Phi) is 7.06. The molecule has 2 heterocycles. The van der Waals surface area contributed by atoms with Crippen molar-refractivity contribution < 1.29 is 14.3 Å². The molecule has 3 rings (SSSR count). The van der Waals surface area contributed by atoms with Crippen LogP contribution in [0.2, 0.25) is 0 Å². The van der Waals surface area contributed by atoms with E-state index in [2.05, 4.69) is 10.2 Å². The van der Waals surface area contributed by atoms with Gasteiger partial charge in [-0.25, -0.2) is 4.79 Å². The molecule has 7 nitrogen and oxygen atoms in total. The van der Waals surface area contributed by atoms with Crippen LogP contribution >= 0.6 is 0 Å². The second-order valence-corrected chi connectivity index (χ2v) is 7.28. The number of rotatable bonds is 6. The number of amides is 3. The summed E-state index contributed by atoms with van der Waals surface area (Å²) < 4.78 is 5.12. The largest absolute Gasteiger partial charge is 0.383 e. The molecule has 0 radical (unpaired) electrons. The highest BCUT2D eigenvalue weighted by atomic mass is 16.5. The summed E-state index contributed by atoms with van der Waals surface area (Å²) in [6, 6.07) is 9.29. The Morgan fingerprint density at radius 1 is 1.07 bits per heavy atom. The normalized spacial score (nSPS) is 20.7. The SMILES string of the molecule is COCCN1CCC(CNC(=O)N2CCN(C(=O)c3ccccc3)CC2)C1. The van der Waals surface area contributed by atoms with Crippen LogP contribution in [0.5, 0.6) is 0 Å². The van der Waals surface area contributed by atoms with Crippen molar-refractivity contribution in [3.63, 3.8) is 0 Å². The van der Waals surface area contributed by atoms with Crippen molar-refractivity contribution >= 4 is 11.9 Å². The van der Waals surface area contributed by atoms with E-state index < -0.39 is 0 Å². The van der Waals surface area contributed by atoms with Gasteiger partial charge in [0.1, 0.15) is 0 Å². The van der Waals surface area contributed by atoms with E-state index in [0.717, 1.165) is 32.7 Å². The molecule has 1 aromatic rings. The van der Waals surface area contributed by atoms with Crippen LogP contribution in [0.4, 0.5) is 4.79 Å². The van der Waals surface area contributed by atoms with Crippen LogP contribution in [-0.4, -0.2) is 92.7 Å². The average Bonchev–Trinajstić information content (AvgIpc) is 3.18. The molecular weight excluding hydrogens is 344 g/mol. The summed E-state index contributed by atoms with van der Waals surface area (Å²) in [5, 5.41) is 3.07. The Hall–Kier alpha value is -2.12. The third-order valence-electron chi connectivity index (χ3n) is 5.40. The van der Waals surface area contributed by atoms with Crippen LogP contribution in [0.1, 0.15) is 16.8 Å². The maximum absolute atomic E-state index is 12.5. The van der Waals surface area contributed by atoms with Gasteiger partial charge in [0, 0.05) is 58.5 Å². The average molecular weight is 374 g/mol. The van der Waals surface area contributed by atoms with E-state index in [9.17, 15) is 9.59 Å². The molecule has 3 amide bonds. The molecule has 1 aromatic carbocycles. The Labute approximate surface area is 161 Å². The number of methoxy groups -OCH3 is 1. The third-order valence-corrected chi connectivity index (χ3v) is 5.40. The Bertz CT molecular complexity index is 617. The fraction of sp³-hybridized carbons (Fsp3) is 0.600. The van der Waals surface area contributed by atoms with Crippen molar-refractivity contribution in [3.8, 4) is 0 Å². The number of hydrogen-bond donors (Lipinski definition) is 1. The zero-order chi connectivity index (χ0) is 19.1. The molecule has 1 atom stereocenters. The first kappa shape index (κ1) is 19.6. The van der Waals surface area contributed by atoms with Gasteiger partial charge in [-0.2, -0.15) is 0 Å². The molecule has 2 aliphatic rings. The molecule has 7 heteroatoms. The van der Waals surface area contributed by atoms with E-state index in [1.165, 1.54) is 0 Å². The smallest absolute Gasteiger partial charge is 0.317 e. The molecule has 2 saturated heterocycles. The van der Waals surface area contributed by atoms with E-state index >= 15 is 0 Å². The van der Waals surface area contributed by atoms with Crippen LogP contribution in [0.3, 0.4) is 0 Å². The zero-order valence-electron chi connectivity index (χ0n) is 16.1. The Morgan fingerprint density at radius 2 is 1.78 bits per heavy atom. The maximum Gasteiger partial charge on any atom is 0.317 e. The number of likely N-dealkylation sites (tertiary alicyclic amines) is 1. The van der Waals surface area contributed by atoms with Crippen molar-refractivity contribution in [2.45, 2.75) is 6.42 Å². The number of piperazine rings is 1. The number of hydrogen-bond acceptors (Lipinski definition) is 4. The molecule has 0 aliphatic carbocycles. The lowest BCUT2D eigenvalue weighted by Crippen LogP contribution is -2.53. The van der Waals surface area contributed by atoms with Crippen molar-refractivity contribution in [1.29, 1.82) is 0 Å². The van der Waals surface area contributed by atoms with Crippen LogP contribution in [0, 0.1) is 5.92 Å². The van der Waals surface area contributed by atoms with E-state index in [4.69, 9.17) is 4.74 Å². The molecule has 0 bridgehead atoms. The minimum Gasteiger partial charge on any atom is -0.383 e. The fourth-order valence-corrected chi connectivity index (χ4v) is 3.72. The number of ether oxygens (including phenoxy) is 1. The number of carbonyl (C=O) groups excluding carboxylic acids is 2. The van der Waals surface area contributed by atoms with Crippen LogP contribution in [0.25, 0.3) is 0 Å². The Morgan fingerprint density at radius 3 is 2.48 bits per heavy atom. The number of nitrogens with zero attached hydrogens (tertiary/aromatic N) is 3. The van der Waals surface area contributed by atoms with E-state index in [1.54, 1.807) is 7.11 Å². The van der Waals surface area contributed by atoms with Gasteiger partial charge in [-0.15, -0.1) is 0 Å². The summed E-state index contributed by atoms with van der Waals surface area (Å²) in [7, 11) is 1.72. The number of nitrogens with one attached hydrogen (secondary N) is 1. The number of carbonyl (C=O) groups is 2.